The van der Waals surface area contributed by atoms with E-state index in [9.17, 15) is 0 Å². The number of nitrogens with zero attached hydrogens (tertiary/aromatic N) is 2. The maximum atomic E-state index is 5.28. The van der Waals surface area contributed by atoms with E-state index in [2.05, 4.69) is 24.2 Å². The monoisotopic (exact) mass is 311 g/mol. The van der Waals surface area contributed by atoms with Gasteiger partial charge in [0.25, 0.3) is 0 Å². The van der Waals surface area contributed by atoms with E-state index in [0.717, 1.165) is 23.3 Å². The van der Waals surface area contributed by atoms with Crippen molar-refractivity contribution >= 4 is 16.5 Å². The molecule has 5 heteroatoms. The molecule has 1 aliphatic rings. The van der Waals surface area contributed by atoms with Crippen LogP contribution in [0.4, 0.5) is 5.13 Å². The van der Waals surface area contributed by atoms with Crippen molar-refractivity contribution in [3.05, 3.63) is 10.6 Å². The maximum Gasteiger partial charge on any atom is 0.185 e. The summed E-state index contributed by atoms with van der Waals surface area (Å²) in [6, 6.07) is 0.650. The second kappa shape index (κ2) is 8.11. The molecule has 1 aromatic heterocycles. The van der Waals surface area contributed by atoms with Gasteiger partial charge in [-0.25, -0.2) is 4.98 Å². The second-order valence-electron chi connectivity index (χ2n) is 6.02. The molecular weight excluding hydrogens is 282 g/mol. The molecular formula is C16H29N3OS. The van der Waals surface area contributed by atoms with Gasteiger partial charge in [-0.15, -0.1) is 11.3 Å². The Bertz CT molecular complexity index is 404. The van der Waals surface area contributed by atoms with Gasteiger partial charge in [-0.2, -0.15) is 0 Å². The topological polar surface area (TPSA) is 37.4 Å². The Kier molecular flexibility index (Phi) is 6.45. The highest BCUT2D eigenvalue weighted by Crippen LogP contribution is 2.34. The van der Waals surface area contributed by atoms with Gasteiger partial charge in [0, 0.05) is 31.6 Å². The van der Waals surface area contributed by atoms with Gasteiger partial charge < -0.3 is 15.0 Å². The minimum atomic E-state index is 0.601. The van der Waals surface area contributed by atoms with Crippen LogP contribution in [0.3, 0.4) is 0 Å². The number of rotatable bonds is 7. The van der Waals surface area contributed by atoms with Crippen LogP contribution in [0.25, 0.3) is 0 Å². The molecule has 0 bridgehead atoms. The van der Waals surface area contributed by atoms with E-state index >= 15 is 0 Å². The minimum absolute atomic E-state index is 0.601. The number of thiazole rings is 1. The van der Waals surface area contributed by atoms with Crippen LogP contribution in [0.1, 0.15) is 49.6 Å². The largest absolute Gasteiger partial charge is 0.378 e. The van der Waals surface area contributed by atoms with Gasteiger partial charge in [-0.05, 0) is 38.6 Å². The molecule has 1 aromatic rings. The number of aromatic nitrogens is 1. The summed E-state index contributed by atoms with van der Waals surface area (Å²) in [6.45, 7) is 3.79. The Morgan fingerprint density at radius 3 is 2.62 bits per heavy atom. The molecule has 0 aromatic carbocycles. The van der Waals surface area contributed by atoms with Crippen molar-refractivity contribution in [2.45, 2.75) is 58.2 Å². The highest BCUT2D eigenvalue weighted by molar-refractivity contribution is 7.15. The number of ether oxygens (including phenoxy) is 1. The van der Waals surface area contributed by atoms with Crippen molar-refractivity contribution in [3.63, 3.8) is 0 Å². The summed E-state index contributed by atoms with van der Waals surface area (Å²) in [5.41, 5.74) is 1.08. The van der Waals surface area contributed by atoms with Gasteiger partial charge in [0.15, 0.2) is 5.13 Å². The first-order valence-corrected chi connectivity index (χ1v) is 8.86. The minimum Gasteiger partial charge on any atom is -0.378 e. The fraction of sp³-hybridized carbons (Fsp3) is 0.812. The Labute approximate surface area is 132 Å². The van der Waals surface area contributed by atoms with Crippen LogP contribution in [0, 0.1) is 5.92 Å². The molecule has 1 aliphatic carbocycles. The Balaban J connectivity index is 2.04. The van der Waals surface area contributed by atoms with Gasteiger partial charge >= 0.3 is 0 Å². The SMILES string of the molecule is CCC1CCC(N(C)c2nc(COC)c(CNC)s2)CC1. The molecule has 0 radical (unpaired) electrons. The average Bonchev–Trinajstić information content (AvgIpc) is 2.90. The summed E-state index contributed by atoms with van der Waals surface area (Å²) in [5.74, 6) is 0.940. The third-order valence-corrected chi connectivity index (χ3v) is 5.82. The molecule has 4 nitrogen and oxygen atoms in total. The Morgan fingerprint density at radius 1 is 1.33 bits per heavy atom. The molecule has 0 saturated heterocycles. The predicted molar refractivity (Wildman–Crippen MR) is 90.0 cm³/mol. The van der Waals surface area contributed by atoms with Crippen LogP contribution in [0.15, 0.2) is 0 Å². The molecule has 0 amide bonds. The van der Waals surface area contributed by atoms with Crippen LogP contribution in [-0.2, 0) is 17.9 Å². The van der Waals surface area contributed by atoms with Gasteiger partial charge in [0.2, 0.25) is 0 Å². The lowest BCUT2D eigenvalue weighted by molar-refractivity contribution is 0.181. The summed E-state index contributed by atoms with van der Waals surface area (Å²) in [6.07, 6.45) is 6.67. The molecule has 0 atom stereocenters. The molecule has 0 spiro atoms. The van der Waals surface area contributed by atoms with Gasteiger partial charge in [0.05, 0.1) is 12.3 Å². The second-order valence-corrected chi connectivity index (χ2v) is 7.09. The molecule has 0 unspecified atom stereocenters. The number of methoxy groups -OCH3 is 1. The van der Waals surface area contributed by atoms with Crippen molar-refractivity contribution < 1.29 is 4.74 Å². The summed E-state index contributed by atoms with van der Waals surface area (Å²) in [7, 11) is 5.92. The van der Waals surface area contributed by atoms with E-state index in [4.69, 9.17) is 9.72 Å². The lowest BCUT2D eigenvalue weighted by atomic mass is 9.84. The molecule has 1 heterocycles. The molecule has 21 heavy (non-hydrogen) atoms. The summed E-state index contributed by atoms with van der Waals surface area (Å²) < 4.78 is 5.28. The predicted octanol–water partition coefficient (Wildman–Crippen LogP) is 3.41. The van der Waals surface area contributed by atoms with Crippen LogP contribution >= 0.6 is 11.3 Å². The van der Waals surface area contributed by atoms with Gasteiger partial charge in [0.1, 0.15) is 0 Å². The fourth-order valence-electron chi connectivity index (χ4n) is 3.17. The third-order valence-electron chi connectivity index (χ3n) is 4.63. The molecule has 1 saturated carbocycles. The van der Waals surface area contributed by atoms with E-state index in [1.54, 1.807) is 18.4 Å². The van der Waals surface area contributed by atoms with Crippen LogP contribution < -0.4 is 10.2 Å². The highest BCUT2D eigenvalue weighted by atomic mass is 32.1. The van der Waals surface area contributed by atoms with Crippen molar-refractivity contribution in [1.82, 2.24) is 10.3 Å². The van der Waals surface area contributed by atoms with Gasteiger partial charge in [-0.1, -0.05) is 13.3 Å². The lowest BCUT2D eigenvalue weighted by Gasteiger charge is -2.34. The van der Waals surface area contributed by atoms with Crippen molar-refractivity contribution in [3.8, 4) is 0 Å². The van der Waals surface area contributed by atoms with Gasteiger partial charge in [-0.3, -0.25) is 0 Å². The summed E-state index contributed by atoms with van der Waals surface area (Å²) in [5, 5.41) is 4.37. The highest BCUT2D eigenvalue weighted by Gasteiger charge is 2.25. The van der Waals surface area contributed by atoms with Crippen molar-refractivity contribution in [2.24, 2.45) is 5.92 Å². The van der Waals surface area contributed by atoms with Crippen LogP contribution in [-0.4, -0.2) is 32.2 Å². The van der Waals surface area contributed by atoms with E-state index < -0.39 is 0 Å². The molecule has 1 fully saturated rings. The Hall–Kier alpha value is -0.650. The van der Waals surface area contributed by atoms with Crippen LogP contribution in [0.2, 0.25) is 0 Å². The zero-order chi connectivity index (χ0) is 15.2. The zero-order valence-corrected chi connectivity index (χ0v) is 14.6. The first-order chi connectivity index (χ1) is 10.2. The smallest absolute Gasteiger partial charge is 0.185 e. The Morgan fingerprint density at radius 2 is 2.05 bits per heavy atom. The molecule has 120 valence electrons. The van der Waals surface area contributed by atoms with Crippen LogP contribution in [0.5, 0.6) is 0 Å². The van der Waals surface area contributed by atoms with E-state index in [0.29, 0.717) is 12.6 Å². The quantitative estimate of drug-likeness (QED) is 0.837. The first-order valence-electron chi connectivity index (χ1n) is 8.04. The average molecular weight is 311 g/mol. The summed E-state index contributed by atoms with van der Waals surface area (Å²) >= 11 is 1.80. The van der Waals surface area contributed by atoms with E-state index in [1.807, 2.05) is 7.05 Å². The lowest BCUT2D eigenvalue weighted by Crippen LogP contribution is -2.35. The third kappa shape index (κ3) is 4.18. The van der Waals surface area contributed by atoms with Crippen molar-refractivity contribution in [1.29, 1.82) is 0 Å². The maximum absolute atomic E-state index is 5.28. The molecule has 2 rings (SSSR count). The standard InChI is InChI=1S/C16H29N3OS/c1-5-12-6-8-13(9-7-12)19(3)16-18-14(11-20-4)15(21-16)10-17-2/h12-13,17H,5-11H2,1-4H3. The number of nitrogens with one attached hydrogen (secondary N) is 1. The molecule has 1 N–H and O–H groups in total. The van der Waals surface area contributed by atoms with E-state index in [-0.39, 0.29) is 0 Å². The van der Waals surface area contributed by atoms with E-state index in [1.165, 1.54) is 37.0 Å². The zero-order valence-electron chi connectivity index (χ0n) is 13.8. The first kappa shape index (κ1) is 16.7. The molecule has 0 aliphatic heterocycles. The number of hydrogen-bond acceptors (Lipinski definition) is 5. The normalized spacial score (nSPS) is 22.5. The number of hydrogen-bond donors (Lipinski definition) is 1. The number of anilines is 1. The van der Waals surface area contributed by atoms with Crippen molar-refractivity contribution in [2.75, 3.05) is 26.1 Å². The summed E-state index contributed by atoms with van der Waals surface area (Å²) in [4.78, 5) is 8.50. The fourth-order valence-corrected chi connectivity index (χ4v) is 4.27.